The first kappa shape index (κ1) is 7.53. The van der Waals surface area contributed by atoms with Crippen molar-refractivity contribution in [2.45, 2.75) is 12.5 Å². The predicted octanol–water partition coefficient (Wildman–Crippen LogP) is 1.09. The molecule has 3 N–H and O–H groups in total. The summed E-state index contributed by atoms with van der Waals surface area (Å²) in [4.78, 5) is 0. The molecule has 0 heterocycles. The third-order valence-electron chi connectivity index (χ3n) is 2.41. The SMILES string of the molecule is C=C1c2ccccc2C[C@@H]1NN. The Morgan fingerprint density at radius 3 is 2.83 bits per heavy atom. The van der Waals surface area contributed by atoms with E-state index in [-0.39, 0.29) is 6.04 Å². The Morgan fingerprint density at radius 1 is 1.42 bits per heavy atom. The van der Waals surface area contributed by atoms with Crippen LogP contribution in [-0.4, -0.2) is 6.04 Å². The molecule has 2 nitrogen and oxygen atoms in total. The molecule has 0 aromatic heterocycles. The molecule has 2 heteroatoms. The van der Waals surface area contributed by atoms with Gasteiger partial charge >= 0.3 is 0 Å². The minimum atomic E-state index is 0.224. The fourth-order valence-electron chi connectivity index (χ4n) is 1.70. The van der Waals surface area contributed by atoms with Gasteiger partial charge in [0.1, 0.15) is 0 Å². The molecule has 62 valence electrons. The highest BCUT2D eigenvalue weighted by Crippen LogP contribution is 2.30. The Morgan fingerprint density at radius 2 is 2.17 bits per heavy atom. The molecule has 0 spiro atoms. The Bertz CT molecular complexity index is 317. The standard InChI is InChI=1S/C10H12N2/c1-7-9-5-3-2-4-8(9)6-10(7)12-11/h2-5,10,12H,1,6,11H2/t10-/m0/s1. The van der Waals surface area contributed by atoms with E-state index in [1.807, 2.05) is 12.1 Å². The van der Waals surface area contributed by atoms with Crippen molar-refractivity contribution in [2.24, 2.45) is 5.84 Å². The molecule has 1 aromatic rings. The average molecular weight is 160 g/mol. The topological polar surface area (TPSA) is 38.0 Å². The number of nitrogens with two attached hydrogens (primary N) is 1. The first-order valence-electron chi connectivity index (χ1n) is 4.06. The number of rotatable bonds is 1. The number of hydrogen-bond acceptors (Lipinski definition) is 2. The highest BCUT2D eigenvalue weighted by Gasteiger charge is 2.23. The Labute approximate surface area is 72.1 Å². The molecule has 0 aliphatic heterocycles. The normalized spacial score (nSPS) is 21.1. The largest absolute Gasteiger partial charge is 0.271 e. The zero-order chi connectivity index (χ0) is 8.55. The van der Waals surface area contributed by atoms with Gasteiger partial charge in [-0.25, -0.2) is 0 Å². The summed E-state index contributed by atoms with van der Waals surface area (Å²) < 4.78 is 0. The molecule has 1 atom stereocenters. The van der Waals surface area contributed by atoms with Crippen LogP contribution in [0.4, 0.5) is 0 Å². The maximum atomic E-state index is 5.39. The number of hydrogen-bond donors (Lipinski definition) is 2. The summed E-state index contributed by atoms with van der Waals surface area (Å²) in [5, 5.41) is 0. The Kier molecular flexibility index (Phi) is 1.71. The van der Waals surface area contributed by atoms with Crippen molar-refractivity contribution in [3.05, 3.63) is 42.0 Å². The lowest BCUT2D eigenvalue weighted by Gasteiger charge is -2.07. The summed E-state index contributed by atoms with van der Waals surface area (Å²) in [7, 11) is 0. The predicted molar refractivity (Wildman–Crippen MR) is 50.3 cm³/mol. The van der Waals surface area contributed by atoms with E-state index in [4.69, 9.17) is 5.84 Å². The summed E-state index contributed by atoms with van der Waals surface area (Å²) in [5.41, 5.74) is 6.45. The molecule has 1 aromatic carbocycles. The molecule has 12 heavy (non-hydrogen) atoms. The van der Waals surface area contributed by atoms with E-state index in [9.17, 15) is 0 Å². The van der Waals surface area contributed by atoms with Gasteiger partial charge in [0, 0.05) is 0 Å². The lowest BCUT2D eigenvalue weighted by atomic mass is 10.1. The van der Waals surface area contributed by atoms with Crippen LogP contribution in [-0.2, 0) is 6.42 Å². The van der Waals surface area contributed by atoms with Gasteiger partial charge < -0.3 is 0 Å². The van der Waals surface area contributed by atoms with Crippen LogP contribution in [0.5, 0.6) is 0 Å². The molecular formula is C10H12N2. The van der Waals surface area contributed by atoms with E-state index in [1.165, 1.54) is 11.1 Å². The van der Waals surface area contributed by atoms with Crippen molar-refractivity contribution in [1.82, 2.24) is 5.43 Å². The second-order valence-corrected chi connectivity index (χ2v) is 3.11. The third-order valence-corrected chi connectivity index (χ3v) is 2.41. The molecule has 0 radical (unpaired) electrons. The van der Waals surface area contributed by atoms with Gasteiger partial charge in [-0.3, -0.25) is 11.3 Å². The van der Waals surface area contributed by atoms with Crippen molar-refractivity contribution in [2.75, 3.05) is 0 Å². The molecule has 0 fully saturated rings. The first-order chi connectivity index (χ1) is 5.83. The fraction of sp³-hybridized carbons (Fsp3) is 0.200. The number of nitrogens with one attached hydrogen (secondary N) is 1. The summed E-state index contributed by atoms with van der Waals surface area (Å²) in [6.07, 6.45) is 0.964. The van der Waals surface area contributed by atoms with Crippen molar-refractivity contribution >= 4 is 5.57 Å². The van der Waals surface area contributed by atoms with Crippen LogP contribution >= 0.6 is 0 Å². The monoisotopic (exact) mass is 160 g/mol. The Balaban J connectivity index is 2.42. The van der Waals surface area contributed by atoms with Crippen LogP contribution in [0.3, 0.4) is 0 Å². The molecule has 0 bridgehead atoms. The second-order valence-electron chi connectivity index (χ2n) is 3.11. The van der Waals surface area contributed by atoms with E-state index in [0.29, 0.717) is 0 Å². The van der Waals surface area contributed by atoms with Gasteiger partial charge in [0.15, 0.2) is 0 Å². The van der Waals surface area contributed by atoms with E-state index >= 15 is 0 Å². The summed E-state index contributed by atoms with van der Waals surface area (Å²) in [6, 6.07) is 8.52. The van der Waals surface area contributed by atoms with Gasteiger partial charge in [0.05, 0.1) is 6.04 Å². The molecule has 0 saturated heterocycles. The average Bonchev–Trinajstić information content (AvgIpc) is 2.44. The van der Waals surface area contributed by atoms with Gasteiger partial charge in [0.2, 0.25) is 0 Å². The molecule has 0 unspecified atom stereocenters. The lowest BCUT2D eigenvalue weighted by Crippen LogP contribution is -2.34. The summed E-state index contributed by atoms with van der Waals surface area (Å²) in [5.74, 6) is 5.39. The first-order valence-corrected chi connectivity index (χ1v) is 4.06. The van der Waals surface area contributed by atoms with Gasteiger partial charge in [-0.15, -0.1) is 0 Å². The lowest BCUT2D eigenvalue weighted by molar-refractivity contribution is 0.649. The number of hydrazine groups is 1. The van der Waals surface area contributed by atoms with E-state index in [1.54, 1.807) is 0 Å². The van der Waals surface area contributed by atoms with Crippen LogP contribution in [0.2, 0.25) is 0 Å². The molecule has 2 rings (SSSR count). The minimum absolute atomic E-state index is 0.224. The van der Waals surface area contributed by atoms with Crippen LogP contribution in [0, 0.1) is 0 Å². The number of fused-ring (bicyclic) bond motifs is 1. The zero-order valence-corrected chi connectivity index (χ0v) is 6.88. The smallest absolute Gasteiger partial charge is 0.0500 e. The Hall–Kier alpha value is -1.12. The zero-order valence-electron chi connectivity index (χ0n) is 6.88. The molecular weight excluding hydrogens is 148 g/mol. The van der Waals surface area contributed by atoms with Crippen molar-refractivity contribution in [3.63, 3.8) is 0 Å². The van der Waals surface area contributed by atoms with Crippen LogP contribution in [0.15, 0.2) is 30.8 Å². The van der Waals surface area contributed by atoms with Crippen molar-refractivity contribution < 1.29 is 0 Å². The quantitative estimate of drug-likeness (QED) is 0.476. The third kappa shape index (κ3) is 0.967. The van der Waals surface area contributed by atoms with Crippen LogP contribution in [0.25, 0.3) is 5.57 Å². The van der Waals surface area contributed by atoms with Crippen molar-refractivity contribution in [1.29, 1.82) is 0 Å². The second kappa shape index (κ2) is 2.73. The van der Waals surface area contributed by atoms with Crippen LogP contribution in [0.1, 0.15) is 11.1 Å². The summed E-state index contributed by atoms with van der Waals surface area (Å²) in [6.45, 7) is 4.01. The molecule has 1 aliphatic rings. The van der Waals surface area contributed by atoms with E-state index in [0.717, 1.165) is 12.0 Å². The van der Waals surface area contributed by atoms with Gasteiger partial charge in [-0.05, 0) is 23.1 Å². The molecule has 0 saturated carbocycles. The summed E-state index contributed by atoms with van der Waals surface area (Å²) >= 11 is 0. The van der Waals surface area contributed by atoms with Gasteiger partial charge in [-0.1, -0.05) is 30.8 Å². The van der Waals surface area contributed by atoms with E-state index in [2.05, 4.69) is 24.1 Å². The van der Waals surface area contributed by atoms with Gasteiger partial charge in [-0.2, -0.15) is 0 Å². The highest BCUT2D eigenvalue weighted by atomic mass is 15.2. The van der Waals surface area contributed by atoms with Crippen LogP contribution < -0.4 is 11.3 Å². The maximum absolute atomic E-state index is 5.39. The highest BCUT2D eigenvalue weighted by molar-refractivity contribution is 5.74. The minimum Gasteiger partial charge on any atom is -0.271 e. The molecule has 1 aliphatic carbocycles. The molecule has 0 amide bonds. The van der Waals surface area contributed by atoms with E-state index < -0.39 is 0 Å². The van der Waals surface area contributed by atoms with Gasteiger partial charge in [0.25, 0.3) is 0 Å². The number of benzene rings is 1. The fourth-order valence-corrected chi connectivity index (χ4v) is 1.70. The maximum Gasteiger partial charge on any atom is 0.0500 e. The van der Waals surface area contributed by atoms with Crippen molar-refractivity contribution in [3.8, 4) is 0 Å².